The van der Waals surface area contributed by atoms with Crippen LogP contribution in [0.1, 0.15) is 0 Å². The Labute approximate surface area is 127 Å². The highest BCUT2D eigenvalue weighted by Gasteiger charge is 2.30. The van der Waals surface area contributed by atoms with Gasteiger partial charge in [0.1, 0.15) is 4.90 Å². The predicted molar refractivity (Wildman–Crippen MR) is 83.9 cm³/mol. The number of hydrogen-bond donors (Lipinski definition) is 1. The van der Waals surface area contributed by atoms with Gasteiger partial charge < -0.3 is 10.6 Å². The highest BCUT2D eigenvalue weighted by Crippen LogP contribution is 2.25. The van der Waals surface area contributed by atoms with Crippen molar-refractivity contribution < 1.29 is 8.42 Å². The Bertz CT molecular complexity index is 708. The number of hydrogen-bond acceptors (Lipinski definition) is 6. The summed E-state index contributed by atoms with van der Waals surface area (Å²) in [7, 11) is -3.52. The zero-order chi connectivity index (χ0) is 14.9. The highest BCUT2D eigenvalue weighted by molar-refractivity contribution is 7.89. The molecule has 3 rings (SSSR count). The number of nitrogen functional groups attached to an aromatic ring is 1. The fourth-order valence-electron chi connectivity index (χ4n) is 2.35. The maximum Gasteiger partial charge on any atom is 0.245 e. The van der Waals surface area contributed by atoms with Gasteiger partial charge in [0.25, 0.3) is 0 Å². The van der Waals surface area contributed by atoms with Crippen LogP contribution < -0.4 is 10.6 Å². The van der Waals surface area contributed by atoms with Crippen LogP contribution in [0.3, 0.4) is 0 Å². The number of piperazine rings is 1. The van der Waals surface area contributed by atoms with E-state index < -0.39 is 10.0 Å². The largest absolute Gasteiger partial charge is 0.398 e. The third-order valence-electron chi connectivity index (χ3n) is 3.47. The SMILES string of the molecule is Nc1ccccc1S(=O)(=O)N1CCN(c2nccs2)CC1. The van der Waals surface area contributed by atoms with Crippen LogP contribution in [0.2, 0.25) is 0 Å². The fourth-order valence-corrected chi connectivity index (χ4v) is 4.58. The third kappa shape index (κ3) is 2.74. The lowest BCUT2D eigenvalue weighted by Crippen LogP contribution is -2.48. The molecule has 0 atom stereocenters. The molecule has 8 heteroatoms. The summed E-state index contributed by atoms with van der Waals surface area (Å²) >= 11 is 1.56. The van der Waals surface area contributed by atoms with E-state index in [-0.39, 0.29) is 4.90 Å². The number of nitrogens with two attached hydrogens (primary N) is 1. The van der Waals surface area contributed by atoms with Gasteiger partial charge in [-0.3, -0.25) is 0 Å². The summed E-state index contributed by atoms with van der Waals surface area (Å²) in [6.07, 6.45) is 1.76. The second-order valence-corrected chi connectivity index (χ2v) is 7.52. The minimum absolute atomic E-state index is 0.188. The minimum Gasteiger partial charge on any atom is -0.398 e. The van der Waals surface area contributed by atoms with Gasteiger partial charge in [-0.25, -0.2) is 13.4 Å². The van der Waals surface area contributed by atoms with Crippen molar-refractivity contribution in [1.82, 2.24) is 9.29 Å². The molecule has 1 aliphatic heterocycles. The molecular weight excluding hydrogens is 308 g/mol. The molecule has 0 bridgehead atoms. The van der Waals surface area contributed by atoms with E-state index in [1.807, 2.05) is 5.38 Å². The summed E-state index contributed by atoms with van der Waals surface area (Å²) in [5, 5.41) is 2.86. The van der Waals surface area contributed by atoms with Gasteiger partial charge in [0.2, 0.25) is 10.0 Å². The van der Waals surface area contributed by atoms with E-state index in [4.69, 9.17) is 5.73 Å². The van der Waals surface area contributed by atoms with Crippen molar-refractivity contribution in [2.45, 2.75) is 4.90 Å². The lowest BCUT2D eigenvalue weighted by Gasteiger charge is -2.33. The molecule has 2 heterocycles. The third-order valence-corrected chi connectivity index (χ3v) is 6.27. The normalized spacial score (nSPS) is 17.0. The Balaban J connectivity index is 1.76. The fraction of sp³-hybridized carbons (Fsp3) is 0.308. The van der Waals surface area contributed by atoms with E-state index in [0.717, 1.165) is 5.13 Å². The van der Waals surface area contributed by atoms with Crippen LogP contribution in [0.4, 0.5) is 10.8 Å². The molecule has 0 aliphatic carbocycles. The molecule has 21 heavy (non-hydrogen) atoms. The lowest BCUT2D eigenvalue weighted by molar-refractivity contribution is 0.385. The van der Waals surface area contributed by atoms with Crippen molar-refractivity contribution in [2.24, 2.45) is 0 Å². The van der Waals surface area contributed by atoms with Crippen molar-refractivity contribution in [3.8, 4) is 0 Å². The maximum absolute atomic E-state index is 12.6. The Morgan fingerprint density at radius 2 is 1.86 bits per heavy atom. The molecule has 1 saturated heterocycles. The summed E-state index contributed by atoms with van der Waals surface area (Å²) in [4.78, 5) is 6.55. The Kier molecular flexibility index (Phi) is 3.83. The zero-order valence-electron chi connectivity index (χ0n) is 11.3. The molecule has 2 aromatic rings. The van der Waals surface area contributed by atoms with Gasteiger partial charge in [0.15, 0.2) is 5.13 Å². The van der Waals surface area contributed by atoms with Crippen molar-refractivity contribution in [2.75, 3.05) is 36.8 Å². The van der Waals surface area contributed by atoms with Crippen LogP contribution in [0.25, 0.3) is 0 Å². The molecule has 1 aromatic heterocycles. The van der Waals surface area contributed by atoms with E-state index in [0.29, 0.717) is 31.9 Å². The van der Waals surface area contributed by atoms with Gasteiger partial charge in [0.05, 0.1) is 5.69 Å². The molecule has 1 aromatic carbocycles. The molecule has 112 valence electrons. The summed E-state index contributed by atoms with van der Waals surface area (Å²) in [6, 6.07) is 6.58. The van der Waals surface area contributed by atoms with Gasteiger partial charge in [0, 0.05) is 37.8 Å². The number of aromatic nitrogens is 1. The number of rotatable bonds is 3. The number of sulfonamides is 1. The monoisotopic (exact) mass is 324 g/mol. The summed E-state index contributed by atoms with van der Waals surface area (Å²) in [5.41, 5.74) is 6.08. The minimum atomic E-state index is -3.52. The number of nitrogens with zero attached hydrogens (tertiary/aromatic N) is 3. The van der Waals surface area contributed by atoms with Gasteiger partial charge >= 0.3 is 0 Å². The second-order valence-electron chi connectivity index (χ2n) is 4.74. The molecule has 0 radical (unpaired) electrons. The molecule has 1 fully saturated rings. The Hall–Kier alpha value is -1.64. The topological polar surface area (TPSA) is 79.5 Å². The first-order chi connectivity index (χ1) is 10.1. The number of anilines is 2. The van der Waals surface area contributed by atoms with E-state index >= 15 is 0 Å². The number of para-hydroxylation sites is 1. The van der Waals surface area contributed by atoms with E-state index in [1.165, 1.54) is 4.31 Å². The molecular formula is C13H16N4O2S2. The average Bonchev–Trinajstić information content (AvgIpc) is 3.02. The Morgan fingerprint density at radius 1 is 1.14 bits per heavy atom. The van der Waals surface area contributed by atoms with Crippen LogP contribution >= 0.6 is 11.3 Å². The van der Waals surface area contributed by atoms with Crippen LogP contribution in [0.5, 0.6) is 0 Å². The maximum atomic E-state index is 12.6. The van der Waals surface area contributed by atoms with Crippen molar-refractivity contribution in [3.05, 3.63) is 35.8 Å². The van der Waals surface area contributed by atoms with Crippen molar-refractivity contribution in [1.29, 1.82) is 0 Å². The van der Waals surface area contributed by atoms with Crippen LogP contribution in [0.15, 0.2) is 40.7 Å². The molecule has 0 saturated carbocycles. The van der Waals surface area contributed by atoms with Gasteiger partial charge in [-0.15, -0.1) is 11.3 Å². The molecule has 0 spiro atoms. The predicted octanol–water partition coefficient (Wildman–Crippen LogP) is 1.24. The molecule has 2 N–H and O–H groups in total. The van der Waals surface area contributed by atoms with Crippen LogP contribution in [0, 0.1) is 0 Å². The molecule has 0 amide bonds. The Morgan fingerprint density at radius 3 is 2.48 bits per heavy atom. The smallest absolute Gasteiger partial charge is 0.245 e. The first kappa shape index (κ1) is 14.3. The first-order valence-electron chi connectivity index (χ1n) is 6.58. The van der Waals surface area contributed by atoms with Crippen LogP contribution in [-0.2, 0) is 10.0 Å². The number of benzene rings is 1. The van der Waals surface area contributed by atoms with E-state index in [2.05, 4.69) is 9.88 Å². The summed E-state index contributed by atoms with van der Waals surface area (Å²) in [6.45, 7) is 2.16. The highest BCUT2D eigenvalue weighted by atomic mass is 32.2. The summed E-state index contributed by atoms with van der Waals surface area (Å²) in [5.74, 6) is 0. The molecule has 6 nitrogen and oxygen atoms in total. The van der Waals surface area contributed by atoms with Gasteiger partial charge in [-0.1, -0.05) is 12.1 Å². The number of thiazole rings is 1. The van der Waals surface area contributed by atoms with Gasteiger partial charge in [-0.05, 0) is 12.1 Å². The van der Waals surface area contributed by atoms with Crippen molar-refractivity contribution in [3.63, 3.8) is 0 Å². The van der Waals surface area contributed by atoms with Crippen LogP contribution in [-0.4, -0.2) is 43.9 Å². The molecule has 1 aliphatic rings. The average molecular weight is 324 g/mol. The quantitative estimate of drug-likeness (QED) is 0.859. The van der Waals surface area contributed by atoms with E-state index in [1.54, 1.807) is 41.8 Å². The summed E-state index contributed by atoms with van der Waals surface area (Å²) < 4.78 is 26.7. The standard InChI is InChI=1S/C13H16N4O2S2/c14-11-3-1-2-4-12(11)21(18,19)17-8-6-16(7-9-17)13-15-5-10-20-13/h1-5,10H,6-9,14H2. The van der Waals surface area contributed by atoms with Crippen molar-refractivity contribution >= 4 is 32.2 Å². The first-order valence-corrected chi connectivity index (χ1v) is 8.90. The zero-order valence-corrected chi connectivity index (χ0v) is 13.0. The second kappa shape index (κ2) is 5.63. The molecule has 0 unspecified atom stereocenters. The van der Waals surface area contributed by atoms with Gasteiger partial charge in [-0.2, -0.15) is 4.31 Å². The van der Waals surface area contributed by atoms with E-state index in [9.17, 15) is 8.42 Å². The lowest BCUT2D eigenvalue weighted by atomic mass is 10.3.